The van der Waals surface area contributed by atoms with Crippen LogP contribution in [0.25, 0.3) is 10.9 Å². The van der Waals surface area contributed by atoms with Gasteiger partial charge in [0.25, 0.3) is 0 Å². The fourth-order valence-electron chi connectivity index (χ4n) is 3.21. The van der Waals surface area contributed by atoms with E-state index >= 15 is 0 Å². The summed E-state index contributed by atoms with van der Waals surface area (Å²) in [5, 5.41) is 9.31. The maximum absolute atomic E-state index is 5.70. The number of hydrogen-bond donors (Lipinski definition) is 1. The Bertz CT molecular complexity index is 795. The quantitative estimate of drug-likeness (QED) is 0.800. The minimum Gasteiger partial charge on any atom is -0.424 e. The molecule has 6 heteroatoms. The molecule has 120 valence electrons. The Morgan fingerprint density at radius 1 is 1.30 bits per heavy atom. The number of aromatic nitrogens is 3. The highest BCUT2D eigenvalue weighted by molar-refractivity contribution is 5.83. The predicted molar refractivity (Wildman–Crippen MR) is 86.1 cm³/mol. The molecule has 0 bridgehead atoms. The summed E-state index contributed by atoms with van der Waals surface area (Å²) < 4.78 is 11.2. The fourth-order valence-corrected chi connectivity index (χ4v) is 3.21. The van der Waals surface area contributed by atoms with Crippen LogP contribution < -0.4 is 0 Å². The highest BCUT2D eigenvalue weighted by Gasteiger charge is 2.25. The van der Waals surface area contributed by atoms with E-state index in [1.807, 2.05) is 6.92 Å². The van der Waals surface area contributed by atoms with Crippen molar-refractivity contribution in [3.8, 4) is 0 Å². The second-order valence-corrected chi connectivity index (χ2v) is 5.98. The van der Waals surface area contributed by atoms with E-state index in [9.17, 15) is 0 Å². The van der Waals surface area contributed by atoms with Crippen molar-refractivity contribution in [1.29, 1.82) is 0 Å². The number of nitrogens with one attached hydrogen (secondary N) is 1. The van der Waals surface area contributed by atoms with Gasteiger partial charge in [-0.05, 0) is 18.1 Å². The number of para-hydroxylation sites is 1. The van der Waals surface area contributed by atoms with Gasteiger partial charge in [-0.1, -0.05) is 18.2 Å². The monoisotopic (exact) mass is 312 g/mol. The summed E-state index contributed by atoms with van der Waals surface area (Å²) in [6.45, 7) is 4.86. The second-order valence-electron chi connectivity index (χ2n) is 5.98. The summed E-state index contributed by atoms with van der Waals surface area (Å²) in [7, 11) is 0. The van der Waals surface area contributed by atoms with Crippen LogP contribution in [-0.2, 0) is 17.7 Å². The summed E-state index contributed by atoms with van der Waals surface area (Å²) >= 11 is 0. The molecule has 4 rings (SSSR count). The number of aryl methyl sites for hydroxylation is 1. The minimum absolute atomic E-state index is 0.315. The molecule has 0 spiro atoms. The molecule has 1 aromatic carbocycles. The van der Waals surface area contributed by atoms with Crippen LogP contribution in [0.4, 0.5) is 0 Å². The molecule has 0 radical (unpaired) electrons. The van der Waals surface area contributed by atoms with Crippen LogP contribution in [0.3, 0.4) is 0 Å². The van der Waals surface area contributed by atoms with Gasteiger partial charge in [0.05, 0.1) is 19.8 Å². The molecule has 1 atom stereocenters. The van der Waals surface area contributed by atoms with E-state index in [1.165, 1.54) is 16.5 Å². The SMILES string of the molecule is Cc1nnc(CN2CCOCC2Cc2c[nH]c3ccccc23)o1. The predicted octanol–water partition coefficient (Wildman–Crippen LogP) is 2.30. The molecule has 23 heavy (non-hydrogen) atoms. The Morgan fingerprint density at radius 3 is 3.09 bits per heavy atom. The lowest BCUT2D eigenvalue weighted by Gasteiger charge is -2.34. The van der Waals surface area contributed by atoms with Gasteiger partial charge < -0.3 is 14.1 Å². The first-order valence-electron chi connectivity index (χ1n) is 7.95. The standard InChI is InChI=1S/C17H20N4O2/c1-12-19-20-17(23-12)10-21-6-7-22-11-14(21)8-13-9-18-16-5-3-2-4-15(13)16/h2-5,9,14,18H,6-8,10-11H2,1H3. The molecule has 0 aliphatic carbocycles. The lowest BCUT2D eigenvalue weighted by Crippen LogP contribution is -2.46. The molecule has 3 aromatic rings. The normalized spacial score (nSPS) is 19.4. The van der Waals surface area contributed by atoms with Gasteiger partial charge in [0.15, 0.2) is 0 Å². The number of hydrogen-bond acceptors (Lipinski definition) is 5. The molecule has 6 nitrogen and oxygen atoms in total. The van der Waals surface area contributed by atoms with Gasteiger partial charge in [-0.25, -0.2) is 0 Å². The Kier molecular flexibility index (Phi) is 3.85. The Hall–Kier alpha value is -2.18. The second kappa shape index (κ2) is 6.14. The summed E-state index contributed by atoms with van der Waals surface area (Å²) in [5.74, 6) is 1.29. The number of aromatic amines is 1. The zero-order valence-electron chi connectivity index (χ0n) is 13.2. The first-order chi connectivity index (χ1) is 11.3. The van der Waals surface area contributed by atoms with Crippen molar-refractivity contribution in [3.05, 3.63) is 47.8 Å². The third-order valence-corrected chi connectivity index (χ3v) is 4.39. The lowest BCUT2D eigenvalue weighted by atomic mass is 10.0. The largest absolute Gasteiger partial charge is 0.424 e. The summed E-state index contributed by atoms with van der Waals surface area (Å²) in [4.78, 5) is 5.72. The number of fused-ring (bicyclic) bond motifs is 1. The van der Waals surface area contributed by atoms with Crippen LogP contribution in [0.2, 0.25) is 0 Å². The molecule has 0 amide bonds. The highest BCUT2D eigenvalue weighted by Crippen LogP contribution is 2.22. The van der Waals surface area contributed by atoms with Gasteiger partial charge in [-0.2, -0.15) is 0 Å². The van der Waals surface area contributed by atoms with Crippen molar-refractivity contribution in [2.45, 2.75) is 25.9 Å². The van der Waals surface area contributed by atoms with Crippen LogP contribution in [0.5, 0.6) is 0 Å². The molecular weight excluding hydrogens is 292 g/mol. The Balaban J connectivity index is 1.53. The van der Waals surface area contributed by atoms with Crippen molar-refractivity contribution in [1.82, 2.24) is 20.1 Å². The van der Waals surface area contributed by atoms with Crippen molar-refractivity contribution in [2.75, 3.05) is 19.8 Å². The molecular formula is C17H20N4O2. The number of morpholine rings is 1. The third kappa shape index (κ3) is 3.00. The first kappa shape index (κ1) is 14.4. The van der Waals surface area contributed by atoms with E-state index in [1.54, 1.807) is 0 Å². The van der Waals surface area contributed by atoms with E-state index in [0.717, 1.165) is 26.2 Å². The van der Waals surface area contributed by atoms with Crippen molar-refractivity contribution >= 4 is 10.9 Å². The van der Waals surface area contributed by atoms with E-state index in [2.05, 4.69) is 50.5 Å². The lowest BCUT2D eigenvalue weighted by molar-refractivity contribution is -0.0146. The number of H-pyrrole nitrogens is 1. The molecule has 1 aliphatic rings. The molecule has 1 aliphatic heterocycles. The van der Waals surface area contributed by atoms with Crippen LogP contribution in [0.15, 0.2) is 34.9 Å². The third-order valence-electron chi connectivity index (χ3n) is 4.39. The van der Waals surface area contributed by atoms with E-state index in [-0.39, 0.29) is 0 Å². The Morgan fingerprint density at radius 2 is 2.22 bits per heavy atom. The summed E-state index contributed by atoms with van der Waals surface area (Å²) in [6.07, 6.45) is 3.05. The van der Waals surface area contributed by atoms with Gasteiger partial charge in [0.1, 0.15) is 0 Å². The zero-order chi connectivity index (χ0) is 15.6. The van der Waals surface area contributed by atoms with Gasteiger partial charge in [-0.3, -0.25) is 4.90 Å². The van der Waals surface area contributed by atoms with Crippen LogP contribution in [0, 0.1) is 6.92 Å². The fraction of sp³-hybridized carbons (Fsp3) is 0.412. The molecule has 1 N–H and O–H groups in total. The van der Waals surface area contributed by atoms with Gasteiger partial charge in [0, 0.05) is 36.6 Å². The maximum Gasteiger partial charge on any atom is 0.230 e. The average molecular weight is 312 g/mol. The minimum atomic E-state index is 0.315. The Labute approximate surface area is 134 Å². The molecule has 1 saturated heterocycles. The van der Waals surface area contributed by atoms with Crippen molar-refractivity contribution in [3.63, 3.8) is 0 Å². The number of ether oxygens (including phenoxy) is 1. The van der Waals surface area contributed by atoms with Gasteiger partial charge >= 0.3 is 0 Å². The molecule has 0 saturated carbocycles. The maximum atomic E-state index is 5.70. The summed E-state index contributed by atoms with van der Waals surface area (Å²) in [5.41, 5.74) is 2.50. The van der Waals surface area contributed by atoms with Crippen LogP contribution in [-0.4, -0.2) is 45.9 Å². The van der Waals surface area contributed by atoms with Crippen molar-refractivity contribution in [2.24, 2.45) is 0 Å². The van der Waals surface area contributed by atoms with Gasteiger partial charge in [-0.15, -0.1) is 10.2 Å². The number of nitrogens with zero attached hydrogens (tertiary/aromatic N) is 3. The van der Waals surface area contributed by atoms with E-state index in [4.69, 9.17) is 9.15 Å². The van der Waals surface area contributed by atoms with Crippen LogP contribution >= 0.6 is 0 Å². The molecule has 2 aromatic heterocycles. The first-order valence-corrected chi connectivity index (χ1v) is 7.95. The number of benzene rings is 1. The summed E-state index contributed by atoms with van der Waals surface area (Å²) in [6, 6.07) is 8.72. The zero-order valence-corrected chi connectivity index (χ0v) is 13.2. The molecule has 1 unspecified atom stereocenters. The number of rotatable bonds is 4. The smallest absolute Gasteiger partial charge is 0.230 e. The van der Waals surface area contributed by atoms with Crippen LogP contribution in [0.1, 0.15) is 17.3 Å². The molecule has 1 fully saturated rings. The van der Waals surface area contributed by atoms with E-state index in [0.29, 0.717) is 24.4 Å². The average Bonchev–Trinajstić information content (AvgIpc) is 3.16. The van der Waals surface area contributed by atoms with Crippen molar-refractivity contribution < 1.29 is 9.15 Å². The van der Waals surface area contributed by atoms with E-state index < -0.39 is 0 Å². The highest BCUT2D eigenvalue weighted by atomic mass is 16.5. The topological polar surface area (TPSA) is 67.2 Å². The molecule has 3 heterocycles. The van der Waals surface area contributed by atoms with Gasteiger partial charge in [0.2, 0.25) is 11.8 Å².